The molecule has 0 spiro atoms. The Labute approximate surface area is 111 Å². The summed E-state index contributed by atoms with van der Waals surface area (Å²) in [6.07, 6.45) is -0.186. The predicted octanol–water partition coefficient (Wildman–Crippen LogP) is 1.10. The topological polar surface area (TPSA) is 87.6 Å². The van der Waals surface area contributed by atoms with Crippen LogP contribution in [0.3, 0.4) is 0 Å². The number of nitrogens with two attached hydrogens (primary N) is 2. The Morgan fingerprint density at radius 3 is 2.67 bits per heavy atom. The molecular weight excluding hydrogens is 256 g/mol. The lowest BCUT2D eigenvalue weighted by molar-refractivity contribution is -0.124. The van der Waals surface area contributed by atoms with Crippen molar-refractivity contribution in [1.82, 2.24) is 0 Å². The number of halogens is 1. The number of primary amides is 1. The van der Waals surface area contributed by atoms with Crippen molar-refractivity contribution >= 4 is 17.5 Å². The van der Waals surface area contributed by atoms with Crippen molar-refractivity contribution in [2.24, 2.45) is 11.5 Å². The zero-order valence-electron chi connectivity index (χ0n) is 10.4. The molecule has 1 amide bonds. The highest BCUT2D eigenvalue weighted by Crippen LogP contribution is 2.35. The van der Waals surface area contributed by atoms with Crippen LogP contribution in [0.1, 0.15) is 12.5 Å². The van der Waals surface area contributed by atoms with Gasteiger partial charge in [0.15, 0.2) is 17.6 Å². The molecular formula is C12H17ClN2O3. The Morgan fingerprint density at radius 1 is 1.50 bits per heavy atom. The van der Waals surface area contributed by atoms with Crippen molar-refractivity contribution < 1.29 is 14.3 Å². The first-order chi connectivity index (χ1) is 8.49. The number of hydrogen-bond acceptors (Lipinski definition) is 4. The van der Waals surface area contributed by atoms with E-state index in [0.29, 0.717) is 29.5 Å². The van der Waals surface area contributed by atoms with Gasteiger partial charge in [0.25, 0.3) is 5.91 Å². The van der Waals surface area contributed by atoms with Crippen molar-refractivity contribution in [2.45, 2.75) is 19.4 Å². The maximum absolute atomic E-state index is 11.0. The molecule has 0 saturated carbocycles. The summed E-state index contributed by atoms with van der Waals surface area (Å²) in [7, 11) is 1.50. The van der Waals surface area contributed by atoms with Gasteiger partial charge in [0.1, 0.15) is 0 Å². The minimum atomic E-state index is -0.753. The molecule has 0 heterocycles. The summed E-state index contributed by atoms with van der Waals surface area (Å²) < 4.78 is 10.7. The van der Waals surface area contributed by atoms with Crippen LogP contribution in [0, 0.1) is 0 Å². The fraction of sp³-hybridized carbons (Fsp3) is 0.417. The van der Waals surface area contributed by atoms with Gasteiger partial charge in [0.05, 0.1) is 7.11 Å². The molecule has 5 nitrogen and oxygen atoms in total. The number of amides is 1. The minimum absolute atomic E-state index is 0.435. The van der Waals surface area contributed by atoms with Gasteiger partial charge in [0.2, 0.25) is 0 Å². The SMILES string of the molecule is COc1cc(Cl)cc(CCN)c1OC(C)C(N)=O. The quantitative estimate of drug-likeness (QED) is 0.812. The van der Waals surface area contributed by atoms with Crippen LogP contribution in [0.15, 0.2) is 12.1 Å². The standard InChI is InChI=1S/C12H17ClN2O3/c1-7(12(15)16)18-11-8(3-4-14)5-9(13)6-10(11)17-2/h5-7H,3-4,14H2,1-2H3,(H2,15,16). The third kappa shape index (κ3) is 3.51. The predicted molar refractivity (Wildman–Crippen MR) is 70.0 cm³/mol. The number of ether oxygens (including phenoxy) is 2. The second-order valence-corrected chi connectivity index (χ2v) is 4.23. The van der Waals surface area contributed by atoms with Crippen LogP contribution in [-0.4, -0.2) is 25.7 Å². The molecule has 18 heavy (non-hydrogen) atoms. The lowest BCUT2D eigenvalue weighted by Gasteiger charge is -2.18. The van der Waals surface area contributed by atoms with Gasteiger partial charge in [-0.15, -0.1) is 0 Å². The largest absolute Gasteiger partial charge is 0.493 e. The van der Waals surface area contributed by atoms with Gasteiger partial charge >= 0.3 is 0 Å². The van der Waals surface area contributed by atoms with Crippen molar-refractivity contribution in [2.75, 3.05) is 13.7 Å². The van der Waals surface area contributed by atoms with Crippen LogP contribution in [0.5, 0.6) is 11.5 Å². The molecule has 0 bridgehead atoms. The molecule has 1 atom stereocenters. The van der Waals surface area contributed by atoms with Gasteiger partial charge in [-0.1, -0.05) is 11.6 Å². The summed E-state index contributed by atoms with van der Waals surface area (Å²) in [5.74, 6) is 0.364. The second kappa shape index (κ2) is 6.47. The molecule has 0 aliphatic rings. The van der Waals surface area contributed by atoms with E-state index in [1.165, 1.54) is 7.11 Å². The average Bonchev–Trinajstić information content (AvgIpc) is 2.31. The van der Waals surface area contributed by atoms with E-state index in [0.717, 1.165) is 5.56 Å². The van der Waals surface area contributed by atoms with Crippen LogP contribution in [0.25, 0.3) is 0 Å². The minimum Gasteiger partial charge on any atom is -0.493 e. The number of benzene rings is 1. The van der Waals surface area contributed by atoms with Crippen molar-refractivity contribution in [3.63, 3.8) is 0 Å². The molecule has 0 aliphatic heterocycles. The van der Waals surface area contributed by atoms with E-state index in [1.54, 1.807) is 19.1 Å². The Hall–Kier alpha value is -1.46. The Kier molecular flexibility index (Phi) is 5.25. The van der Waals surface area contributed by atoms with Crippen molar-refractivity contribution in [1.29, 1.82) is 0 Å². The van der Waals surface area contributed by atoms with E-state index in [2.05, 4.69) is 0 Å². The third-order valence-corrected chi connectivity index (χ3v) is 2.64. The summed E-state index contributed by atoms with van der Waals surface area (Å²) >= 11 is 5.97. The Morgan fingerprint density at radius 2 is 2.17 bits per heavy atom. The average molecular weight is 273 g/mol. The van der Waals surface area contributed by atoms with E-state index in [1.807, 2.05) is 0 Å². The molecule has 1 aromatic carbocycles. The maximum Gasteiger partial charge on any atom is 0.258 e. The van der Waals surface area contributed by atoms with Crippen LogP contribution < -0.4 is 20.9 Å². The Balaban J connectivity index is 3.15. The molecule has 0 saturated heterocycles. The zero-order chi connectivity index (χ0) is 13.7. The molecule has 6 heteroatoms. The first kappa shape index (κ1) is 14.6. The van der Waals surface area contributed by atoms with Crippen LogP contribution in [0.2, 0.25) is 5.02 Å². The lowest BCUT2D eigenvalue weighted by atomic mass is 10.1. The summed E-state index contributed by atoms with van der Waals surface area (Å²) in [5, 5.41) is 0.523. The highest BCUT2D eigenvalue weighted by atomic mass is 35.5. The highest BCUT2D eigenvalue weighted by Gasteiger charge is 2.18. The number of methoxy groups -OCH3 is 1. The molecule has 0 aromatic heterocycles. The van der Waals surface area contributed by atoms with Crippen LogP contribution >= 0.6 is 11.6 Å². The van der Waals surface area contributed by atoms with Gasteiger partial charge < -0.3 is 20.9 Å². The number of hydrogen-bond donors (Lipinski definition) is 2. The van der Waals surface area contributed by atoms with Crippen LogP contribution in [-0.2, 0) is 11.2 Å². The molecule has 1 aromatic rings. The summed E-state index contributed by atoms with van der Waals surface area (Å²) in [4.78, 5) is 11.0. The molecule has 0 aliphatic carbocycles. The zero-order valence-corrected chi connectivity index (χ0v) is 11.2. The molecule has 4 N–H and O–H groups in total. The molecule has 0 fully saturated rings. The first-order valence-electron chi connectivity index (χ1n) is 5.52. The summed E-state index contributed by atoms with van der Waals surface area (Å²) in [6.45, 7) is 2.01. The second-order valence-electron chi connectivity index (χ2n) is 3.80. The number of carbonyl (C=O) groups excluding carboxylic acids is 1. The van der Waals surface area contributed by atoms with Crippen LogP contribution in [0.4, 0.5) is 0 Å². The van der Waals surface area contributed by atoms with Crippen molar-refractivity contribution in [3.05, 3.63) is 22.7 Å². The molecule has 100 valence electrons. The van der Waals surface area contributed by atoms with E-state index in [4.69, 9.17) is 32.5 Å². The van der Waals surface area contributed by atoms with E-state index >= 15 is 0 Å². The smallest absolute Gasteiger partial charge is 0.258 e. The highest BCUT2D eigenvalue weighted by molar-refractivity contribution is 6.30. The van der Waals surface area contributed by atoms with Gasteiger partial charge in [-0.3, -0.25) is 4.79 Å². The fourth-order valence-corrected chi connectivity index (χ4v) is 1.71. The summed E-state index contributed by atoms with van der Waals surface area (Å²) in [6, 6.07) is 3.35. The fourth-order valence-electron chi connectivity index (χ4n) is 1.48. The monoisotopic (exact) mass is 272 g/mol. The van der Waals surface area contributed by atoms with Gasteiger partial charge in [0, 0.05) is 16.7 Å². The molecule has 1 rings (SSSR count). The van der Waals surface area contributed by atoms with E-state index < -0.39 is 12.0 Å². The lowest BCUT2D eigenvalue weighted by Crippen LogP contribution is -2.31. The third-order valence-electron chi connectivity index (χ3n) is 2.43. The van der Waals surface area contributed by atoms with Gasteiger partial charge in [-0.25, -0.2) is 0 Å². The van der Waals surface area contributed by atoms with E-state index in [9.17, 15) is 4.79 Å². The first-order valence-corrected chi connectivity index (χ1v) is 5.89. The van der Waals surface area contributed by atoms with Gasteiger partial charge in [-0.2, -0.15) is 0 Å². The molecule has 0 radical (unpaired) electrons. The Bertz CT molecular complexity index is 438. The van der Waals surface area contributed by atoms with E-state index in [-0.39, 0.29) is 0 Å². The normalized spacial score (nSPS) is 12.0. The van der Waals surface area contributed by atoms with Crippen molar-refractivity contribution in [3.8, 4) is 11.5 Å². The number of carbonyl (C=O) groups is 1. The maximum atomic E-state index is 11.0. The summed E-state index contributed by atoms with van der Waals surface area (Å²) in [5.41, 5.74) is 11.5. The van der Waals surface area contributed by atoms with Gasteiger partial charge in [-0.05, 0) is 26.0 Å². The molecule has 1 unspecified atom stereocenters. The number of rotatable bonds is 6.